The van der Waals surface area contributed by atoms with Crippen LogP contribution < -0.4 is 5.32 Å². The minimum atomic E-state index is -0.480. The third-order valence-corrected chi connectivity index (χ3v) is 6.45. The average molecular weight is 445 g/mol. The highest BCUT2D eigenvalue weighted by Gasteiger charge is 2.19. The molecule has 0 aliphatic carbocycles. The normalized spacial score (nSPS) is 14.6. The summed E-state index contributed by atoms with van der Waals surface area (Å²) in [4.78, 5) is 13.6. The van der Waals surface area contributed by atoms with Crippen molar-refractivity contribution in [2.45, 2.75) is 49.3 Å². The van der Waals surface area contributed by atoms with E-state index in [4.69, 9.17) is 11.6 Å². The third-order valence-electron chi connectivity index (χ3n) is 5.09. The van der Waals surface area contributed by atoms with E-state index < -0.39 is 11.1 Å². The van der Waals surface area contributed by atoms with Gasteiger partial charge in [-0.2, -0.15) is 0 Å². The predicted octanol–water partition coefficient (Wildman–Crippen LogP) is 5.58. The summed E-state index contributed by atoms with van der Waals surface area (Å²) in [5.41, 5.74) is 0.886. The summed E-state index contributed by atoms with van der Waals surface area (Å²) in [7, 11) is 0. The lowest BCUT2D eigenvalue weighted by Gasteiger charge is -2.14. The highest BCUT2D eigenvalue weighted by molar-refractivity contribution is 8.00. The van der Waals surface area contributed by atoms with Crippen LogP contribution in [0.25, 0.3) is 11.4 Å². The molecule has 30 heavy (non-hydrogen) atoms. The molecule has 0 bridgehead atoms. The van der Waals surface area contributed by atoms with E-state index in [0.29, 0.717) is 10.8 Å². The first kappa shape index (κ1) is 20.9. The summed E-state index contributed by atoms with van der Waals surface area (Å²) in [5.74, 6) is 0.925. The second kappa shape index (κ2) is 9.18. The molecule has 1 unspecified atom stereocenters. The van der Waals surface area contributed by atoms with E-state index in [-0.39, 0.29) is 11.6 Å². The van der Waals surface area contributed by atoms with Gasteiger partial charge in [-0.1, -0.05) is 18.0 Å². The summed E-state index contributed by atoms with van der Waals surface area (Å²) >= 11 is 7.29. The number of aryl methyl sites for hydroxylation is 1. The molecule has 3 aromatic rings. The molecule has 2 aromatic carbocycles. The number of hydrogen-bond donors (Lipinski definition) is 1. The maximum Gasteiger partial charge on any atom is 0.237 e. The van der Waals surface area contributed by atoms with Crippen LogP contribution in [-0.2, 0) is 17.8 Å². The van der Waals surface area contributed by atoms with Gasteiger partial charge in [0.1, 0.15) is 11.6 Å². The Bertz CT molecular complexity index is 1050. The third kappa shape index (κ3) is 4.68. The Morgan fingerprint density at radius 2 is 1.97 bits per heavy atom. The van der Waals surface area contributed by atoms with Gasteiger partial charge in [-0.05, 0) is 62.2 Å². The lowest BCUT2D eigenvalue weighted by atomic mass is 10.1. The van der Waals surface area contributed by atoms with Crippen molar-refractivity contribution in [3.63, 3.8) is 0 Å². The first-order chi connectivity index (χ1) is 14.5. The molecule has 156 valence electrons. The van der Waals surface area contributed by atoms with Crippen LogP contribution in [-0.4, -0.2) is 25.9 Å². The van der Waals surface area contributed by atoms with Gasteiger partial charge in [0.2, 0.25) is 5.91 Å². The number of nitrogens with zero attached hydrogens (tertiary/aromatic N) is 3. The number of hydrogen-bond acceptors (Lipinski definition) is 4. The molecule has 1 atom stereocenters. The molecular weight excluding hydrogens is 423 g/mol. The fourth-order valence-electron chi connectivity index (χ4n) is 3.46. The van der Waals surface area contributed by atoms with Gasteiger partial charge in [-0.15, -0.1) is 22.0 Å². The quantitative estimate of drug-likeness (QED) is 0.521. The van der Waals surface area contributed by atoms with Crippen LogP contribution in [0.5, 0.6) is 0 Å². The summed E-state index contributed by atoms with van der Waals surface area (Å²) in [6, 6.07) is 11.9. The first-order valence-corrected chi connectivity index (χ1v) is 11.2. The zero-order valence-electron chi connectivity index (χ0n) is 16.6. The van der Waals surface area contributed by atoms with Crippen molar-refractivity contribution < 1.29 is 9.18 Å². The van der Waals surface area contributed by atoms with Gasteiger partial charge in [-0.25, -0.2) is 4.39 Å². The molecule has 1 aliphatic heterocycles. The minimum absolute atomic E-state index is 0.145. The number of carbonyl (C=O) groups excluding carboxylic acids is 1. The van der Waals surface area contributed by atoms with Crippen molar-refractivity contribution >= 4 is 35.0 Å². The molecule has 1 aliphatic rings. The topological polar surface area (TPSA) is 59.8 Å². The van der Waals surface area contributed by atoms with Crippen LogP contribution in [0.15, 0.2) is 47.4 Å². The molecule has 0 saturated heterocycles. The highest BCUT2D eigenvalue weighted by atomic mass is 35.5. The largest absolute Gasteiger partial charge is 0.323 e. The van der Waals surface area contributed by atoms with E-state index in [9.17, 15) is 9.18 Å². The van der Waals surface area contributed by atoms with Gasteiger partial charge in [0.05, 0.1) is 10.9 Å². The van der Waals surface area contributed by atoms with E-state index in [1.54, 1.807) is 31.2 Å². The number of aromatic nitrogens is 3. The molecule has 4 rings (SSSR count). The lowest BCUT2D eigenvalue weighted by molar-refractivity contribution is -0.115. The Kier molecular flexibility index (Phi) is 6.39. The standard InChI is InChI=1S/C22H22ClFN4OS/c1-14(30-17-9-7-16(23)8-10-17)22(29)25-19-13-15(6-11-18(19)24)21-27-26-20-5-3-2-4-12-28(20)21/h6-11,13-14H,2-5,12H2,1H3,(H,25,29). The Hall–Kier alpha value is -2.38. The van der Waals surface area contributed by atoms with Crippen LogP contribution in [0, 0.1) is 5.82 Å². The average Bonchev–Trinajstić information content (AvgIpc) is 2.99. The van der Waals surface area contributed by atoms with Crippen molar-refractivity contribution in [2.75, 3.05) is 5.32 Å². The van der Waals surface area contributed by atoms with Crippen molar-refractivity contribution in [3.8, 4) is 11.4 Å². The van der Waals surface area contributed by atoms with Crippen molar-refractivity contribution in [3.05, 3.63) is 59.1 Å². The summed E-state index contributed by atoms with van der Waals surface area (Å²) < 4.78 is 16.5. The van der Waals surface area contributed by atoms with Gasteiger partial charge >= 0.3 is 0 Å². The number of amides is 1. The Labute approximate surface area is 184 Å². The van der Waals surface area contributed by atoms with E-state index in [1.165, 1.54) is 17.8 Å². The van der Waals surface area contributed by atoms with E-state index in [0.717, 1.165) is 48.5 Å². The van der Waals surface area contributed by atoms with Crippen LogP contribution >= 0.6 is 23.4 Å². The van der Waals surface area contributed by atoms with Crippen molar-refractivity contribution in [2.24, 2.45) is 0 Å². The molecule has 0 fully saturated rings. The predicted molar refractivity (Wildman–Crippen MR) is 118 cm³/mol. The zero-order chi connectivity index (χ0) is 21.1. The molecule has 1 N–H and O–H groups in total. The van der Waals surface area contributed by atoms with Crippen LogP contribution in [0.1, 0.15) is 32.0 Å². The van der Waals surface area contributed by atoms with Gasteiger partial charge in [-0.3, -0.25) is 4.79 Å². The number of halogens is 2. The fraction of sp³-hybridized carbons (Fsp3) is 0.318. The van der Waals surface area contributed by atoms with Gasteiger partial charge in [0.25, 0.3) is 0 Å². The minimum Gasteiger partial charge on any atom is -0.323 e. The Morgan fingerprint density at radius 1 is 1.17 bits per heavy atom. The van der Waals surface area contributed by atoms with Crippen LogP contribution in [0.4, 0.5) is 10.1 Å². The van der Waals surface area contributed by atoms with Crippen molar-refractivity contribution in [1.82, 2.24) is 14.8 Å². The maximum atomic E-state index is 14.4. The smallest absolute Gasteiger partial charge is 0.237 e. The monoisotopic (exact) mass is 444 g/mol. The molecule has 0 saturated carbocycles. The first-order valence-electron chi connectivity index (χ1n) is 9.96. The summed E-state index contributed by atoms with van der Waals surface area (Å²) in [6.45, 7) is 2.64. The second-order valence-electron chi connectivity index (χ2n) is 7.30. The summed E-state index contributed by atoms with van der Waals surface area (Å²) in [5, 5.41) is 11.6. The number of anilines is 1. The lowest BCUT2D eigenvalue weighted by Crippen LogP contribution is -2.23. The van der Waals surface area contributed by atoms with Gasteiger partial charge < -0.3 is 9.88 Å². The molecule has 0 radical (unpaired) electrons. The molecule has 2 heterocycles. The maximum absolute atomic E-state index is 14.4. The van der Waals surface area contributed by atoms with Gasteiger partial charge in [0.15, 0.2) is 5.82 Å². The number of rotatable bonds is 5. The van der Waals surface area contributed by atoms with Crippen LogP contribution in [0.2, 0.25) is 5.02 Å². The SMILES string of the molecule is CC(Sc1ccc(Cl)cc1)C(=O)Nc1cc(-c2nnc3n2CCCCC3)ccc1F. The Balaban J connectivity index is 1.51. The number of benzene rings is 2. The molecule has 1 amide bonds. The zero-order valence-corrected chi connectivity index (χ0v) is 18.1. The molecule has 5 nitrogen and oxygen atoms in total. The Morgan fingerprint density at radius 3 is 2.77 bits per heavy atom. The van der Waals surface area contributed by atoms with E-state index >= 15 is 0 Å². The van der Waals surface area contributed by atoms with Crippen molar-refractivity contribution in [1.29, 1.82) is 0 Å². The molecule has 0 spiro atoms. The highest BCUT2D eigenvalue weighted by Crippen LogP contribution is 2.29. The molecule has 8 heteroatoms. The number of carbonyl (C=O) groups is 1. The number of thioether (sulfide) groups is 1. The second-order valence-corrected chi connectivity index (χ2v) is 9.15. The van der Waals surface area contributed by atoms with E-state index in [1.807, 2.05) is 12.1 Å². The number of nitrogens with one attached hydrogen (secondary N) is 1. The fourth-order valence-corrected chi connectivity index (χ4v) is 4.46. The van der Waals surface area contributed by atoms with E-state index in [2.05, 4.69) is 20.1 Å². The van der Waals surface area contributed by atoms with Gasteiger partial charge in [0, 0.05) is 28.4 Å². The molecule has 1 aromatic heterocycles. The molecular formula is C22H22ClFN4OS. The van der Waals surface area contributed by atoms with Crippen LogP contribution in [0.3, 0.4) is 0 Å². The number of fused-ring (bicyclic) bond motifs is 1. The summed E-state index contributed by atoms with van der Waals surface area (Å²) in [6.07, 6.45) is 4.24.